The third-order valence-corrected chi connectivity index (χ3v) is 4.52. The Balaban J connectivity index is 1.40. The molecule has 1 aromatic carbocycles. The Bertz CT molecular complexity index is 896. The summed E-state index contributed by atoms with van der Waals surface area (Å²) in [5.74, 6) is 0.565. The van der Waals surface area contributed by atoms with Crippen molar-refractivity contribution in [3.05, 3.63) is 83.3 Å². The van der Waals surface area contributed by atoms with E-state index >= 15 is 0 Å². The molecule has 130 valence electrons. The molecule has 1 aliphatic heterocycles. The van der Waals surface area contributed by atoms with Gasteiger partial charge < -0.3 is 10.2 Å². The normalized spacial score (nSPS) is 13.2. The molecule has 0 atom stereocenters. The predicted molar refractivity (Wildman–Crippen MR) is 98.5 cm³/mol. The number of carbonyl (C=O) groups excluding carboxylic acids is 1. The highest BCUT2D eigenvalue weighted by atomic mass is 16.2. The maximum Gasteiger partial charge on any atom is 0.274 e. The SMILES string of the molecule is O=C(c1ccc(NCc2ccncc2)nn1)N1CCc2ccccc2C1. The molecule has 3 aromatic rings. The minimum Gasteiger partial charge on any atom is -0.365 e. The topological polar surface area (TPSA) is 71.0 Å². The molecule has 4 rings (SSSR count). The number of pyridine rings is 1. The van der Waals surface area contributed by atoms with Gasteiger partial charge in [-0.1, -0.05) is 24.3 Å². The molecule has 1 aliphatic rings. The number of carbonyl (C=O) groups is 1. The lowest BCUT2D eigenvalue weighted by molar-refractivity contribution is 0.0727. The number of hydrogen-bond donors (Lipinski definition) is 1. The number of hydrogen-bond acceptors (Lipinski definition) is 5. The van der Waals surface area contributed by atoms with Crippen LogP contribution in [0.1, 0.15) is 27.2 Å². The van der Waals surface area contributed by atoms with Crippen LogP contribution in [0.15, 0.2) is 60.9 Å². The van der Waals surface area contributed by atoms with Crippen molar-refractivity contribution in [1.29, 1.82) is 0 Å². The molecular weight excluding hydrogens is 326 g/mol. The predicted octanol–water partition coefficient (Wildman–Crippen LogP) is 2.68. The Kier molecular flexibility index (Phi) is 4.55. The van der Waals surface area contributed by atoms with Crippen molar-refractivity contribution in [3.8, 4) is 0 Å². The molecule has 1 N–H and O–H groups in total. The van der Waals surface area contributed by atoms with Crippen LogP contribution in [0.3, 0.4) is 0 Å². The van der Waals surface area contributed by atoms with Gasteiger partial charge in [0.2, 0.25) is 0 Å². The highest BCUT2D eigenvalue weighted by Gasteiger charge is 2.22. The minimum atomic E-state index is -0.0762. The van der Waals surface area contributed by atoms with Gasteiger partial charge in [-0.15, -0.1) is 10.2 Å². The van der Waals surface area contributed by atoms with E-state index in [-0.39, 0.29) is 5.91 Å². The van der Waals surface area contributed by atoms with Crippen molar-refractivity contribution in [2.24, 2.45) is 0 Å². The average molecular weight is 345 g/mol. The molecule has 0 saturated heterocycles. The first-order chi connectivity index (χ1) is 12.8. The van der Waals surface area contributed by atoms with Crippen LogP contribution in [0.2, 0.25) is 0 Å². The molecule has 3 heterocycles. The van der Waals surface area contributed by atoms with Crippen LogP contribution in [-0.4, -0.2) is 32.5 Å². The Morgan fingerprint density at radius 2 is 1.81 bits per heavy atom. The number of rotatable bonds is 4. The van der Waals surface area contributed by atoms with E-state index in [0.717, 1.165) is 12.0 Å². The van der Waals surface area contributed by atoms with E-state index in [1.807, 2.05) is 29.2 Å². The van der Waals surface area contributed by atoms with E-state index in [9.17, 15) is 4.79 Å². The van der Waals surface area contributed by atoms with E-state index in [4.69, 9.17) is 0 Å². The second kappa shape index (κ2) is 7.31. The van der Waals surface area contributed by atoms with Crippen LogP contribution in [0.5, 0.6) is 0 Å². The molecule has 6 heteroatoms. The van der Waals surface area contributed by atoms with Crippen LogP contribution in [-0.2, 0) is 19.5 Å². The fourth-order valence-corrected chi connectivity index (χ4v) is 3.06. The Morgan fingerprint density at radius 1 is 1.00 bits per heavy atom. The minimum absolute atomic E-state index is 0.0762. The maximum absolute atomic E-state index is 12.7. The summed E-state index contributed by atoms with van der Waals surface area (Å²) < 4.78 is 0. The number of nitrogens with zero attached hydrogens (tertiary/aromatic N) is 4. The third kappa shape index (κ3) is 3.54. The first-order valence-electron chi connectivity index (χ1n) is 8.62. The molecule has 0 radical (unpaired) electrons. The molecule has 0 aliphatic carbocycles. The van der Waals surface area contributed by atoms with Crippen molar-refractivity contribution in [2.45, 2.75) is 19.5 Å². The number of nitrogens with one attached hydrogen (secondary N) is 1. The summed E-state index contributed by atoms with van der Waals surface area (Å²) in [6.45, 7) is 1.96. The monoisotopic (exact) mass is 345 g/mol. The van der Waals surface area contributed by atoms with Gasteiger partial charge in [0.25, 0.3) is 5.91 Å². The van der Waals surface area contributed by atoms with Crippen LogP contribution >= 0.6 is 0 Å². The molecule has 1 amide bonds. The van der Waals surface area contributed by atoms with Crippen molar-refractivity contribution >= 4 is 11.7 Å². The van der Waals surface area contributed by atoms with Gasteiger partial charge in [0.15, 0.2) is 5.69 Å². The van der Waals surface area contributed by atoms with Gasteiger partial charge in [-0.2, -0.15) is 0 Å². The zero-order valence-electron chi connectivity index (χ0n) is 14.3. The lowest BCUT2D eigenvalue weighted by Crippen LogP contribution is -2.36. The summed E-state index contributed by atoms with van der Waals surface area (Å²) in [5.41, 5.74) is 4.00. The van der Waals surface area contributed by atoms with Gasteiger partial charge in [-0.3, -0.25) is 9.78 Å². The van der Waals surface area contributed by atoms with Crippen LogP contribution in [0.4, 0.5) is 5.82 Å². The molecule has 2 aromatic heterocycles. The van der Waals surface area contributed by atoms with Gasteiger partial charge in [-0.05, 0) is 47.4 Å². The van der Waals surface area contributed by atoms with E-state index in [2.05, 4.69) is 32.6 Å². The van der Waals surface area contributed by atoms with Crippen LogP contribution in [0, 0.1) is 0 Å². The molecule has 0 unspecified atom stereocenters. The number of anilines is 1. The number of fused-ring (bicyclic) bond motifs is 1. The number of aromatic nitrogens is 3. The molecule has 0 saturated carbocycles. The van der Waals surface area contributed by atoms with Crippen LogP contribution in [0.25, 0.3) is 0 Å². The quantitative estimate of drug-likeness (QED) is 0.787. The Morgan fingerprint density at radius 3 is 2.58 bits per heavy atom. The molecule has 0 bridgehead atoms. The number of benzene rings is 1. The maximum atomic E-state index is 12.7. The molecule has 0 fully saturated rings. The first kappa shape index (κ1) is 16.2. The molecule has 26 heavy (non-hydrogen) atoms. The Labute approximate surface area is 151 Å². The Hall–Kier alpha value is -3.28. The smallest absolute Gasteiger partial charge is 0.274 e. The third-order valence-electron chi connectivity index (χ3n) is 4.52. The summed E-state index contributed by atoms with van der Waals surface area (Å²) in [6, 6.07) is 15.6. The standard InChI is InChI=1S/C20H19N5O/c26-20(25-12-9-16-3-1-2-4-17(16)14-25)18-5-6-19(24-23-18)22-13-15-7-10-21-11-8-15/h1-8,10-11H,9,12-14H2,(H,22,24). The van der Waals surface area contributed by atoms with Crippen molar-refractivity contribution < 1.29 is 4.79 Å². The largest absolute Gasteiger partial charge is 0.365 e. The zero-order valence-corrected chi connectivity index (χ0v) is 14.3. The van der Waals surface area contributed by atoms with Gasteiger partial charge in [0, 0.05) is 32.0 Å². The molecule has 6 nitrogen and oxygen atoms in total. The summed E-state index contributed by atoms with van der Waals surface area (Å²) >= 11 is 0. The number of amides is 1. The van der Waals surface area contributed by atoms with Gasteiger partial charge in [0.1, 0.15) is 5.82 Å². The van der Waals surface area contributed by atoms with Gasteiger partial charge in [0.05, 0.1) is 0 Å². The fourth-order valence-electron chi connectivity index (χ4n) is 3.06. The second-order valence-electron chi connectivity index (χ2n) is 6.26. The van der Waals surface area contributed by atoms with Gasteiger partial charge in [-0.25, -0.2) is 0 Å². The molecular formula is C20H19N5O. The van der Waals surface area contributed by atoms with Crippen molar-refractivity contribution in [3.63, 3.8) is 0 Å². The summed E-state index contributed by atoms with van der Waals surface area (Å²) in [7, 11) is 0. The van der Waals surface area contributed by atoms with E-state index in [0.29, 0.717) is 31.1 Å². The van der Waals surface area contributed by atoms with E-state index in [1.54, 1.807) is 24.5 Å². The van der Waals surface area contributed by atoms with Crippen molar-refractivity contribution in [1.82, 2.24) is 20.1 Å². The lowest BCUT2D eigenvalue weighted by Gasteiger charge is -2.28. The summed E-state index contributed by atoms with van der Waals surface area (Å²) in [4.78, 5) is 18.5. The second-order valence-corrected chi connectivity index (χ2v) is 6.26. The fraction of sp³-hybridized carbons (Fsp3) is 0.200. The average Bonchev–Trinajstić information content (AvgIpc) is 2.72. The van der Waals surface area contributed by atoms with Gasteiger partial charge >= 0.3 is 0 Å². The van der Waals surface area contributed by atoms with Crippen LogP contribution < -0.4 is 5.32 Å². The highest BCUT2D eigenvalue weighted by Crippen LogP contribution is 2.20. The zero-order chi connectivity index (χ0) is 17.8. The van der Waals surface area contributed by atoms with E-state index in [1.165, 1.54) is 11.1 Å². The van der Waals surface area contributed by atoms with Crippen molar-refractivity contribution in [2.75, 3.05) is 11.9 Å². The lowest BCUT2D eigenvalue weighted by atomic mass is 10.00. The molecule has 0 spiro atoms. The summed E-state index contributed by atoms with van der Waals surface area (Å²) in [6.07, 6.45) is 4.38. The van der Waals surface area contributed by atoms with E-state index < -0.39 is 0 Å². The highest BCUT2D eigenvalue weighted by molar-refractivity contribution is 5.92. The first-order valence-corrected chi connectivity index (χ1v) is 8.62. The summed E-state index contributed by atoms with van der Waals surface area (Å²) in [5, 5.41) is 11.4.